The molecule has 6 heteroatoms. The Bertz CT molecular complexity index is 857. The molecular formula is C17H13ClN2O3. The quantitative estimate of drug-likeness (QED) is 0.789. The highest BCUT2D eigenvalue weighted by Gasteiger charge is 2.19. The molecule has 2 aromatic carbocycles. The number of nitrogens with zero attached hydrogens (tertiary/aromatic N) is 2. The number of aromatic nitrogens is 2. The average molecular weight is 329 g/mol. The van der Waals surface area contributed by atoms with Crippen LogP contribution in [-0.4, -0.2) is 27.7 Å². The molecule has 0 atom stereocenters. The first kappa shape index (κ1) is 15.1. The second-order valence-corrected chi connectivity index (χ2v) is 5.26. The molecule has 1 N–H and O–H groups in total. The predicted octanol–water partition coefficient (Wildman–Crippen LogP) is 3.90. The van der Waals surface area contributed by atoms with E-state index in [4.69, 9.17) is 16.3 Å². The van der Waals surface area contributed by atoms with E-state index in [2.05, 4.69) is 4.98 Å². The van der Waals surface area contributed by atoms with Crippen molar-refractivity contribution in [2.45, 2.75) is 0 Å². The fourth-order valence-electron chi connectivity index (χ4n) is 2.35. The largest absolute Gasteiger partial charge is 0.497 e. The smallest absolute Gasteiger partial charge is 0.356 e. The lowest BCUT2D eigenvalue weighted by Gasteiger charge is -2.10. The van der Waals surface area contributed by atoms with Gasteiger partial charge in [-0.1, -0.05) is 17.7 Å². The van der Waals surface area contributed by atoms with E-state index in [1.807, 2.05) is 6.07 Å². The van der Waals surface area contributed by atoms with Crippen LogP contribution in [0.25, 0.3) is 16.9 Å². The van der Waals surface area contributed by atoms with Crippen LogP contribution in [0.3, 0.4) is 0 Å². The van der Waals surface area contributed by atoms with Gasteiger partial charge in [0.05, 0.1) is 12.8 Å². The number of rotatable bonds is 4. The number of methoxy groups -OCH3 is 1. The Morgan fingerprint density at radius 3 is 2.57 bits per heavy atom. The summed E-state index contributed by atoms with van der Waals surface area (Å²) in [6.45, 7) is 0. The zero-order valence-electron chi connectivity index (χ0n) is 12.2. The number of benzene rings is 2. The average Bonchev–Trinajstić information content (AvgIpc) is 3.00. The SMILES string of the molecule is COc1ccc(-c2c(C(=O)O)ncn2-c2cccc(Cl)c2)cc1. The van der Waals surface area contributed by atoms with Gasteiger partial charge in [-0.15, -0.1) is 0 Å². The van der Waals surface area contributed by atoms with Gasteiger partial charge in [-0.3, -0.25) is 4.57 Å². The molecule has 0 fully saturated rings. The van der Waals surface area contributed by atoms with Crippen molar-refractivity contribution in [2.24, 2.45) is 0 Å². The lowest BCUT2D eigenvalue weighted by atomic mass is 10.1. The van der Waals surface area contributed by atoms with Crippen LogP contribution in [0.5, 0.6) is 5.75 Å². The standard InChI is InChI=1S/C17H13ClN2O3/c1-23-14-7-5-11(6-8-14)16-15(17(21)22)19-10-20(16)13-4-2-3-12(18)9-13/h2-10H,1H3,(H,21,22). The van der Waals surface area contributed by atoms with Crippen molar-refractivity contribution >= 4 is 17.6 Å². The minimum absolute atomic E-state index is 0.0184. The van der Waals surface area contributed by atoms with Crippen molar-refractivity contribution in [3.63, 3.8) is 0 Å². The molecule has 23 heavy (non-hydrogen) atoms. The number of carboxylic acids is 1. The second kappa shape index (κ2) is 6.14. The van der Waals surface area contributed by atoms with E-state index < -0.39 is 5.97 Å². The lowest BCUT2D eigenvalue weighted by Crippen LogP contribution is -2.02. The highest BCUT2D eigenvalue weighted by Crippen LogP contribution is 2.29. The molecule has 3 aromatic rings. The molecule has 0 radical (unpaired) electrons. The Kier molecular flexibility index (Phi) is 4.04. The van der Waals surface area contributed by atoms with Crippen LogP contribution in [0.2, 0.25) is 5.02 Å². The second-order valence-electron chi connectivity index (χ2n) is 4.83. The van der Waals surface area contributed by atoms with E-state index in [-0.39, 0.29) is 5.69 Å². The van der Waals surface area contributed by atoms with Crippen molar-refractivity contribution < 1.29 is 14.6 Å². The Hall–Kier alpha value is -2.79. The van der Waals surface area contributed by atoms with E-state index in [9.17, 15) is 9.90 Å². The fourth-order valence-corrected chi connectivity index (χ4v) is 2.54. The highest BCUT2D eigenvalue weighted by atomic mass is 35.5. The van der Waals surface area contributed by atoms with E-state index >= 15 is 0 Å². The molecule has 0 aliphatic heterocycles. The van der Waals surface area contributed by atoms with Crippen LogP contribution in [0.1, 0.15) is 10.5 Å². The summed E-state index contributed by atoms with van der Waals surface area (Å²) >= 11 is 6.04. The predicted molar refractivity (Wildman–Crippen MR) is 87.5 cm³/mol. The maximum Gasteiger partial charge on any atom is 0.356 e. The van der Waals surface area contributed by atoms with Crippen LogP contribution < -0.4 is 4.74 Å². The van der Waals surface area contributed by atoms with E-state index in [1.165, 1.54) is 6.33 Å². The third-order valence-corrected chi connectivity index (χ3v) is 3.66. The summed E-state index contributed by atoms with van der Waals surface area (Å²) in [6, 6.07) is 14.3. The molecule has 5 nitrogen and oxygen atoms in total. The van der Waals surface area contributed by atoms with Gasteiger partial charge in [0, 0.05) is 16.3 Å². The summed E-state index contributed by atoms with van der Waals surface area (Å²) in [5.74, 6) is -0.393. The molecule has 0 saturated heterocycles. The van der Waals surface area contributed by atoms with Gasteiger partial charge in [-0.2, -0.15) is 0 Å². The van der Waals surface area contributed by atoms with Gasteiger partial charge in [0.25, 0.3) is 0 Å². The van der Waals surface area contributed by atoms with E-state index in [1.54, 1.807) is 54.1 Å². The van der Waals surface area contributed by atoms with Gasteiger partial charge in [0.2, 0.25) is 0 Å². The molecule has 0 unspecified atom stereocenters. The molecule has 0 spiro atoms. The highest BCUT2D eigenvalue weighted by molar-refractivity contribution is 6.30. The molecule has 1 heterocycles. The molecule has 0 aliphatic carbocycles. The number of aromatic carboxylic acids is 1. The first-order valence-corrected chi connectivity index (χ1v) is 7.19. The number of hydrogen-bond acceptors (Lipinski definition) is 3. The maximum absolute atomic E-state index is 11.5. The lowest BCUT2D eigenvalue weighted by molar-refractivity contribution is 0.0692. The number of halogens is 1. The van der Waals surface area contributed by atoms with Gasteiger partial charge in [0.15, 0.2) is 5.69 Å². The van der Waals surface area contributed by atoms with Gasteiger partial charge in [0.1, 0.15) is 12.1 Å². The van der Waals surface area contributed by atoms with Crippen molar-refractivity contribution in [1.29, 1.82) is 0 Å². The molecule has 1 aromatic heterocycles. The molecule has 0 saturated carbocycles. The summed E-state index contributed by atoms with van der Waals surface area (Å²) in [5, 5.41) is 9.98. The molecular weight excluding hydrogens is 316 g/mol. The molecule has 0 aliphatic rings. The third kappa shape index (κ3) is 2.91. The van der Waals surface area contributed by atoms with Crippen molar-refractivity contribution in [3.05, 3.63) is 65.6 Å². The van der Waals surface area contributed by atoms with E-state index in [0.717, 1.165) is 11.3 Å². The normalized spacial score (nSPS) is 10.5. The van der Waals surface area contributed by atoms with Gasteiger partial charge in [-0.05, 0) is 42.5 Å². The Labute approximate surface area is 137 Å². The third-order valence-electron chi connectivity index (χ3n) is 3.42. The number of carbonyl (C=O) groups is 1. The van der Waals surface area contributed by atoms with Gasteiger partial charge >= 0.3 is 5.97 Å². The van der Waals surface area contributed by atoms with Gasteiger partial charge < -0.3 is 9.84 Å². The summed E-state index contributed by atoms with van der Waals surface area (Å²) in [5.41, 5.74) is 1.93. The maximum atomic E-state index is 11.5. The Balaban J connectivity index is 2.20. The summed E-state index contributed by atoms with van der Waals surface area (Å²) < 4.78 is 6.84. The van der Waals surface area contributed by atoms with Gasteiger partial charge in [-0.25, -0.2) is 9.78 Å². The Morgan fingerprint density at radius 1 is 1.22 bits per heavy atom. The molecule has 0 bridgehead atoms. The number of ether oxygens (including phenoxy) is 1. The number of hydrogen-bond donors (Lipinski definition) is 1. The van der Waals surface area contributed by atoms with E-state index in [0.29, 0.717) is 16.5 Å². The monoisotopic (exact) mass is 328 g/mol. The Morgan fingerprint density at radius 2 is 1.96 bits per heavy atom. The first-order chi connectivity index (χ1) is 11.1. The van der Waals surface area contributed by atoms with Crippen LogP contribution in [0, 0.1) is 0 Å². The zero-order chi connectivity index (χ0) is 16.4. The van der Waals surface area contributed by atoms with Crippen molar-refractivity contribution in [3.8, 4) is 22.7 Å². The number of imidazole rings is 1. The fraction of sp³-hybridized carbons (Fsp3) is 0.0588. The van der Waals surface area contributed by atoms with Crippen LogP contribution in [0.15, 0.2) is 54.9 Å². The van der Waals surface area contributed by atoms with Crippen molar-refractivity contribution in [2.75, 3.05) is 7.11 Å². The van der Waals surface area contributed by atoms with Crippen molar-refractivity contribution in [1.82, 2.24) is 9.55 Å². The minimum Gasteiger partial charge on any atom is -0.497 e. The minimum atomic E-state index is -1.09. The summed E-state index contributed by atoms with van der Waals surface area (Å²) in [7, 11) is 1.58. The number of carboxylic acid groups (broad SMARTS) is 1. The summed E-state index contributed by atoms with van der Waals surface area (Å²) in [6.07, 6.45) is 1.48. The summed E-state index contributed by atoms with van der Waals surface area (Å²) in [4.78, 5) is 15.5. The van der Waals surface area contributed by atoms with Crippen LogP contribution >= 0.6 is 11.6 Å². The molecule has 3 rings (SSSR count). The first-order valence-electron chi connectivity index (χ1n) is 6.81. The van der Waals surface area contributed by atoms with Crippen LogP contribution in [0.4, 0.5) is 0 Å². The molecule has 116 valence electrons. The topological polar surface area (TPSA) is 64.3 Å². The van der Waals surface area contributed by atoms with Crippen LogP contribution in [-0.2, 0) is 0 Å². The molecule has 0 amide bonds. The zero-order valence-corrected chi connectivity index (χ0v) is 13.0.